The lowest BCUT2D eigenvalue weighted by Crippen LogP contribution is -1.99. The highest BCUT2D eigenvalue weighted by atomic mass is 35.5. The molecule has 1 aromatic heterocycles. The molecule has 1 aromatic carbocycles. The largest absolute Gasteiger partial charge is 0.378 e. The van der Waals surface area contributed by atoms with Gasteiger partial charge in [-0.25, -0.2) is 9.97 Å². The average Bonchev–Trinajstić information content (AvgIpc) is 2.38. The molecule has 0 atom stereocenters. The van der Waals surface area contributed by atoms with Crippen LogP contribution in [0.2, 0.25) is 10.2 Å². The Kier molecular flexibility index (Phi) is 5.45. The van der Waals surface area contributed by atoms with E-state index in [1.165, 1.54) is 0 Å². The first kappa shape index (κ1) is 14.6. The van der Waals surface area contributed by atoms with Gasteiger partial charge >= 0.3 is 0 Å². The van der Waals surface area contributed by atoms with E-state index in [0.29, 0.717) is 23.3 Å². The number of rotatable bonds is 5. The summed E-state index contributed by atoms with van der Waals surface area (Å²) in [7, 11) is 1.62. The van der Waals surface area contributed by atoms with Gasteiger partial charge in [-0.2, -0.15) is 0 Å². The first-order valence-corrected chi connectivity index (χ1v) is 7.31. The number of thioether (sulfide) groups is 1. The summed E-state index contributed by atoms with van der Waals surface area (Å²) in [6.07, 6.45) is 0. The minimum atomic E-state index is 0.431. The van der Waals surface area contributed by atoms with Crippen LogP contribution in [0.1, 0.15) is 11.5 Å². The van der Waals surface area contributed by atoms with Gasteiger partial charge in [-0.1, -0.05) is 23.2 Å². The number of benzene rings is 1. The first-order chi connectivity index (χ1) is 9.17. The van der Waals surface area contributed by atoms with Gasteiger partial charge in [-0.15, -0.1) is 11.8 Å². The Hall–Kier alpha value is -0.810. The van der Waals surface area contributed by atoms with Crippen molar-refractivity contribution in [3.63, 3.8) is 0 Å². The summed E-state index contributed by atoms with van der Waals surface area (Å²) < 4.78 is 5.04. The second-order valence-corrected chi connectivity index (χ2v) is 5.65. The minimum Gasteiger partial charge on any atom is -0.378 e. The van der Waals surface area contributed by atoms with E-state index in [1.54, 1.807) is 24.9 Å². The maximum absolute atomic E-state index is 5.95. The quantitative estimate of drug-likeness (QED) is 0.611. The molecule has 0 aliphatic heterocycles. The minimum absolute atomic E-state index is 0.431. The third-order valence-electron chi connectivity index (χ3n) is 2.27. The summed E-state index contributed by atoms with van der Waals surface area (Å²) in [6.45, 7) is 0.431. The fourth-order valence-corrected chi connectivity index (χ4v) is 2.58. The normalized spacial score (nSPS) is 10.7. The van der Waals surface area contributed by atoms with Gasteiger partial charge in [0.05, 0.1) is 18.1 Å². The molecule has 0 fully saturated rings. The third-order valence-corrected chi connectivity index (χ3v) is 3.72. The van der Waals surface area contributed by atoms with Crippen molar-refractivity contribution >= 4 is 35.0 Å². The van der Waals surface area contributed by atoms with Crippen LogP contribution in [0.5, 0.6) is 0 Å². The van der Waals surface area contributed by atoms with E-state index in [-0.39, 0.29) is 0 Å². The summed E-state index contributed by atoms with van der Waals surface area (Å²) in [5, 5.41) is 1.17. The first-order valence-electron chi connectivity index (χ1n) is 5.57. The smallest absolute Gasteiger partial charge is 0.140 e. The number of ether oxygens (including phenoxy) is 1. The number of aromatic nitrogens is 2. The van der Waals surface area contributed by atoms with Crippen LogP contribution in [0.3, 0.4) is 0 Å². The highest BCUT2D eigenvalue weighted by Gasteiger charge is 2.04. The Morgan fingerprint density at radius 3 is 2.58 bits per heavy atom. The lowest BCUT2D eigenvalue weighted by atomic mass is 10.4. The van der Waals surface area contributed by atoms with E-state index in [1.807, 2.05) is 24.3 Å². The van der Waals surface area contributed by atoms with E-state index < -0.39 is 0 Å². The number of nitrogens with zero attached hydrogens (tertiary/aromatic N) is 2. The molecule has 0 amide bonds. The standard InChI is InChI=1S/C13H12Cl2N2OS/c1-18-7-10-6-12(15)17-13(16-10)8-19-11-4-2-9(14)3-5-11/h2-6H,7-8H2,1H3. The zero-order valence-electron chi connectivity index (χ0n) is 10.3. The Labute approximate surface area is 126 Å². The molecule has 0 aliphatic carbocycles. The third kappa shape index (κ3) is 4.66. The topological polar surface area (TPSA) is 35.0 Å². The van der Waals surface area contributed by atoms with E-state index in [4.69, 9.17) is 27.9 Å². The molecule has 19 heavy (non-hydrogen) atoms. The van der Waals surface area contributed by atoms with Gasteiger partial charge in [0.2, 0.25) is 0 Å². The van der Waals surface area contributed by atoms with Crippen LogP contribution in [0.25, 0.3) is 0 Å². The predicted molar refractivity (Wildman–Crippen MR) is 78.8 cm³/mol. The lowest BCUT2D eigenvalue weighted by Gasteiger charge is -2.05. The van der Waals surface area contributed by atoms with E-state index in [2.05, 4.69) is 9.97 Å². The summed E-state index contributed by atoms with van der Waals surface area (Å²) >= 11 is 13.4. The van der Waals surface area contributed by atoms with Crippen LogP contribution in [0, 0.1) is 0 Å². The van der Waals surface area contributed by atoms with Crippen molar-refractivity contribution in [2.45, 2.75) is 17.3 Å². The van der Waals surface area contributed by atoms with Crippen molar-refractivity contribution in [1.29, 1.82) is 0 Å². The summed E-state index contributed by atoms with van der Waals surface area (Å²) in [5.74, 6) is 1.35. The van der Waals surface area contributed by atoms with E-state index in [0.717, 1.165) is 15.6 Å². The van der Waals surface area contributed by atoms with Gasteiger partial charge in [0, 0.05) is 17.0 Å². The monoisotopic (exact) mass is 314 g/mol. The van der Waals surface area contributed by atoms with Gasteiger partial charge < -0.3 is 4.74 Å². The highest BCUT2D eigenvalue weighted by molar-refractivity contribution is 7.98. The van der Waals surface area contributed by atoms with Crippen molar-refractivity contribution < 1.29 is 4.74 Å². The summed E-state index contributed by atoms with van der Waals surface area (Å²) in [4.78, 5) is 9.70. The van der Waals surface area contributed by atoms with E-state index >= 15 is 0 Å². The van der Waals surface area contributed by atoms with Crippen molar-refractivity contribution in [3.05, 3.63) is 52.0 Å². The molecular weight excluding hydrogens is 303 g/mol. The molecule has 0 bridgehead atoms. The predicted octanol–water partition coefficient (Wildman–Crippen LogP) is 4.22. The number of hydrogen-bond acceptors (Lipinski definition) is 4. The van der Waals surface area contributed by atoms with Crippen LogP contribution >= 0.6 is 35.0 Å². The second kappa shape index (κ2) is 7.10. The molecule has 0 spiro atoms. The molecule has 100 valence electrons. The molecule has 0 unspecified atom stereocenters. The Bertz CT molecular complexity index is 549. The van der Waals surface area contributed by atoms with Gasteiger partial charge in [0.15, 0.2) is 0 Å². The molecule has 0 saturated carbocycles. The number of halogens is 2. The Balaban J connectivity index is 2.04. The molecule has 0 saturated heterocycles. The molecule has 1 heterocycles. The molecule has 0 aliphatic rings. The molecule has 3 nitrogen and oxygen atoms in total. The fraction of sp³-hybridized carbons (Fsp3) is 0.231. The molecule has 2 aromatic rings. The maximum Gasteiger partial charge on any atom is 0.140 e. The highest BCUT2D eigenvalue weighted by Crippen LogP contribution is 2.23. The summed E-state index contributed by atoms with van der Waals surface area (Å²) in [5.41, 5.74) is 0.786. The van der Waals surface area contributed by atoms with Gasteiger partial charge in [0.1, 0.15) is 11.0 Å². The van der Waals surface area contributed by atoms with E-state index in [9.17, 15) is 0 Å². The van der Waals surface area contributed by atoms with Crippen LogP contribution < -0.4 is 0 Å². The molecule has 2 rings (SSSR count). The van der Waals surface area contributed by atoms with Crippen LogP contribution in [-0.4, -0.2) is 17.1 Å². The van der Waals surface area contributed by atoms with Crippen molar-refractivity contribution in [2.24, 2.45) is 0 Å². The maximum atomic E-state index is 5.95. The van der Waals surface area contributed by atoms with Crippen molar-refractivity contribution in [3.8, 4) is 0 Å². The van der Waals surface area contributed by atoms with Crippen LogP contribution in [-0.2, 0) is 17.1 Å². The van der Waals surface area contributed by atoms with Gasteiger partial charge in [-0.3, -0.25) is 0 Å². The zero-order valence-corrected chi connectivity index (χ0v) is 12.6. The number of hydrogen-bond donors (Lipinski definition) is 0. The SMILES string of the molecule is COCc1cc(Cl)nc(CSc2ccc(Cl)cc2)n1. The van der Waals surface area contributed by atoms with Gasteiger partial charge in [-0.05, 0) is 30.3 Å². The fourth-order valence-electron chi connectivity index (χ4n) is 1.48. The van der Waals surface area contributed by atoms with Crippen molar-refractivity contribution in [2.75, 3.05) is 7.11 Å². The molecular formula is C13H12Cl2N2OS. The average molecular weight is 315 g/mol. The van der Waals surface area contributed by atoms with Crippen LogP contribution in [0.15, 0.2) is 35.2 Å². The van der Waals surface area contributed by atoms with Crippen LogP contribution in [0.4, 0.5) is 0 Å². The Morgan fingerprint density at radius 2 is 1.89 bits per heavy atom. The second-order valence-electron chi connectivity index (χ2n) is 3.77. The summed E-state index contributed by atoms with van der Waals surface area (Å²) in [6, 6.07) is 9.36. The van der Waals surface area contributed by atoms with Crippen molar-refractivity contribution in [1.82, 2.24) is 9.97 Å². The molecule has 0 N–H and O–H groups in total. The lowest BCUT2D eigenvalue weighted by molar-refractivity contribution is 0.181. The van der Waals surface area contributed by atoms with Gasteiger partial charge in [0.25, 0.3) is 0 Å². The molecule has 0 radical (unpaired) electrons. The number of methoxy groups -OCH3 is 1. The Morgan fingerprint density at radius 1 is 1.16 bits per heavy atom. The molecule has 6 heteroatoms. The zero-order chi connectivity index (χ0) is 13.7.